The van der Waals surface area contributed by atoms with E-state index in [4.69, 9.17) is 5.11 Å². The number of nitrogens with one attached hydrogen (secondary N) is 1. The van der Waals surface area contributed by atoms with Crippen LogP contribution in [0.15, 0.2) is 0 Å². The van der Waals surface area contributed by atoms with Crippen LogP contribution in [0.3, 0.4) is 0 Å². The van der Waals surface area contributed by atoms with Crippen LogP contribution in [0.2, 0.25) is 0 Å². The Morgan fingerprint density at radius 1 is 1.40 bits per heavy atom. The third-order valence-electron chi connectivity index (χ3n) is 3.33. The van der Waals surface area contributed by atoms with E-state index in [1.165, 1.54) is 23.6 Å². The van der Waals surface area contributed by atoms with Crippen LogP contribution in [0.4, 0.5) is 4.79 Å². The van der Waals surface area contributed by atoms with Gasteiger partial charge >= 0.3 is 12.0 Å². The lowest BCUT2D eigenvalue weighted by atomic mass is 10.0. The molecule has 1 heterocycles. The summed E-state index contributed by atoms with van der Waals surface area (Å²) in [6.45, 7) is 3.42. The van der Waals surface area contributed by atoms with Crippen molar-refractivity contribution in [1.82, 2.24) is 10.2 Å². The van der Waals surface area contributed by atoms with E-state index in [1.54, 1.807) is 6.92 Å². The Kier molecular flexibility index (Phi) is 5.69. The molecule has 1 saturated heterocycles. The number of carboxylic acid groups (broad SMARTS) is 1. The number of carbonyl (C=O) groups is 2. The van der Waals surface area contributed by atoms with Gasteiger partial charge in [-0.1, -0.05) is 0 Å². The fourth-order valence-electron chi connectivity index (χ4n) is 1.78. The molecule has 2 amide bonds. The zero-order chi connectivity index (χ0) is 15.5. The Morgan fingerprint density at radius 2 is 2.00 bits per heavy atom. The first-order valence-electron chi connectivity index (χ1n) is 6.21. The van der Waals surface area contributed by atoms with E-state index in [0.717, 1.165) is 6.26 Å². The van der Waals surface area contributed by atoms with Crippen molar-refractivity contribution >= 4 is 33.6 Å². The number of thioether (sulfide) groups is 1. The monoisotopic (exact) mass is 324 g/mol. The Balaban J connectivity index is 2.76. The molecular formula is C11H20N2O5S2. The van der Waals surface area contributed by atoms with Crippen molar-refractivity contribution < 1.29 is 23.1 Å². The maximum Gasteiger partial charge on any atom is 0.318 e. The number of rotatable bonds is 4. The molecule has 0 aromatic rings. The molecule has 1 aliphatic rings. The highest BCUT2D eigenvalue weighted by atomic mass is 32.2. The van der Waals surface area contributed by atoms with Gasteiger partial charge in [-0.05, 0) is 13.8 Å². The number of carboxylic acids is 1. The van der Waals surface area contributed by atoms with Crippen molar-refractivity contribution in [3.05, 3.63) is 0 Å². The molecule has 1 rings (SSSR count). The molecule has 1 aliphatic heterocycles. The second-order valence-corrected chi connectivity index (χ2v) is 8.27. The summed E-state index contributed by atoms with van der Waals surface area (Å²) < 4.78 is 23.4. The number of aliphatic carboxylic acids is 1. The minimum Gasteiger partial charge on any atom is -0.481 e. The van der Waals surface area contributed by atoms with Gasteiger partial charge in [0.2, 0.25) is 0 Å². The van der Waals surface area contributed by atoms with E-state index >= 15 is 0 Å². The molecule has 9 heteroatoms. The summed E-state index contributed by atoms with van der Waals surface area (Å²) in [4.78, 5) is 24.3. The maximum atomic E-state index is 12.1. The van der Waals surface area contributed by atoms with Crippen LogP contribution >= 0.6 is 11.8 Å². The van der Waals surface area contributed by atoms with Crippen LogP contribution in [-0.2, 0) is 14.6 Å². The van der Waals surface area contributed by atoms with E-state index in [9.17, 15) is 18.0 Å². The molecule has 0 aliphatic carbocycles. The van der Waals surface area contributed by atoms with Crippen LogP contribution < -0.4 is 5.32 Å². The highest BCUT2D eigenvalue weighted by Crippen LogP contribution is 2.20. The standard InChI is InChI=1S/C11H20N2O5S2/c1-7(10(14)15)8(2)12-11(16)13-4-5-19-6-9(13)20(3,17)18/h7-9H,4-6H2,1-3H3,(H,12,16)(H,14,15). The largest absolute Gasteiger partial charge is 0.481 e. The fourth-order valence-corrected chi connectivity index (χ4v) is 4.60. The van der Waals surface area contributed by atoms with E-state index < -0.39 is 39.2 Å². The summed E-state index contributed by atoms with van der Waals surface area (Å²) >= 11 is 1.49. The smallest absolute Gasteiger partial charge is 0.318 e. The molecule has 20 heavy (non-hydrogen) atoms. The first-order chi connectivity index (χ1) is 9.14. The lowest BCUT2D eigenvalue weighted by Gasteiger charge is -2.35. The van der Waals surface area contributed by atoms with Gasteiger partial charge in [0, 0.05) is 30.3 Å². The third kappa shape index (κ3) is 4.27. The van der Waals surface area contributed by atoms with Gasteiger partial charge in [-0.15, -0.1) is 0 Å². The Morgan fingerprint density at radius 3 is 2.50 bits per heavy atom. The average molecular weight is 324 g/mol. The summed E-state index contributed by atoms with van der Waals surface area (Å²) in [5, 5.41) is 10.6. The summed E-state index contributed by atoms with van der Waals surface area (Å²) in [5.74, 6) is -0.737. The molecule has 2 N–H and O–H groups in total. The number of carbonyl (C=O) groups excluding carboxylic acids is 1. The average Bonchev–Trinajstić information content (AvgIpc) is 2.36. The molecule has 0 radical (unpaired) electrons. The van der Waals surface area contributed by atoms with Crippen molar-refractivity contribution in [2.45, 2.75) is 25.3 Å². The van der Waals surface area contributed by atoms with E-state index in [1.807, 2.05) is 0 Å². The molecule has 0 saturated carbocycles. The molecule has 0 aromatic heterocycles. The molecule has 0 spiro atoms. The van der Waals surface area contributed by atoms with Gasteiger partial charge in [-0.2, -0.15) is 11.8 Å². The van der Waals surface area contributed by atoms with Gasteiger partial charge in [-0.25, -0.2) is 13.2 Å². The zero-order valence-electron chi connectivity index (χ0n) is 11.7. The van der Waals surface area contributed by atoms with Crippen LogP contribution in [0.5, 0.6) is 0 Å². The highest BCUT2D eigenvalue weighted by molar-refractivity contribution is 8.00. The van der Waals surface area contributed by atoms with Crippen LogP contribution in [0.1, 0.15) is 13.8 Å². The Hall–Kier alpha value is -0.960. The second-order valence-electron chi connectivity index (χ2n) is 4.92. The maximum absolute atomic E-state index is 12.1. The molecule has 3 atom stereocenters. The normalized spacial score (nSPS) is 22.9. The molecule has 1 fully saturated rings. The van der Waals surface area contributed by atoms with Crippen LogP contribution in [-0.4, -0.2) is 66.1 Å². The van der Waals surface area contributed by atoms with Gasteiger partial charge in [-0.3, -0.25) is 4.79 Å². The highest BCUT2D eigenvalue weighted by Gasteiger charge is 2.35. The van der Waals surface area contributed by atoms with Crippen LogP contribution in [0.25, 0.3) is 0 Å². The minimum absolute atomic E-state index is 0.336. The summed E-state index contributed by atoms with van der Waals surface area (Å²) in [6, 6.07) is -1.10. The van der Waals surface area contributed by atoms with E-state index in [0.29, 0.717) is 18.1 Å². The topological polar surface area (TPSA) is 104 Å². The minimum atomic E-state index is -3.36. The first-order valence-corrected chi connectivity index (χ1v) is 9.32. The molecule has 7 nitrogen and oxygen atoms in total. The third-order valence-corrected chi connectivity index (χ3v) is 5.97. The quantitative estimate of drug-likeness (QED) is 0.767. The van der Waals surface area contributed by atoms with Gasteiger partial charge in [0.05, 0.1) is 5.92 Å². The van der Waals surface area contributed by atoms with Crippen molar-refractivity contribution in [1.29, 1.82) is 0 Å². The first kappa shape index (κ1) is 17.1. The number of amides is 2. The lowest BCUT2D eigenvalue weighted by molar-refractivity contribution is -0.141. The number of urea groups is 1. The van der Waals surface area contributed by atoms with Crippen molar-refractivity contribution in [3.63, 3.8) is 0 Å². The summed E-state index contributed by atoms with van der Waals surface area (Å²) in [5.41, 5.74) is 0. The van der Waals surface area contributed by atoms with Gasteiger partial charge in [0.25, 0.3) is 0 Å². The molecule has 0 bridgehead atoms. The number of sulfone groups is 1. The summed E-state index contributed by atoms with van der Waals surface area (Å²) in [6.07, 6.45) is 1.10. The van der Waals surface area contributed by atoms with Crippen molar-refractivity contribution in [2.24, 2.45) is 5.92 Å². The molecular weight excluding hydrogens is 304 g/mol. The van der Waals surface area contributed by atoms with Gasteiger partial charge in [0.1, 0.15) is 5.37 Å². The second kappa shape index (κ2) is 6.66. The number of hydrogen-bond acceptors (Lipinski definition) is 5. The molecule has 116 valence electrons. The summed E-state index contributed by atoms with van der Waals surface area (Å²) in [7, 11) is -3.36. The Labute approximate surface area is 123 Å². The zero-order valence-corrected chi connectivity index (χ0v) is 13.3. The van der Waals surface area contributed by atoms with Crippen molar-refractivity contribution in [2.75, 3.05) is 24.3 Å². The fraction of sp³-hybridized carbons (Fsp3) is 0.818. The molecule has 3 unspecified atom stereocenters. The van der Waals surface area contributed by atoms with Gasteiger partial charge in [0.15, 0.2) is 9.84 Å². The van der Waals surface area contributed by atoms with Crippen molar-refractivity contribution in [3.8, 4) is 0 Å². The molecule has 0 aromatic carbocycles. The number of nitrogens with zero attached hydrogens (tertiary/aromatic N) is 1. The number of hydrogen-bond donors (Lipinski definition) is 2. The van der Waals surface area contributed by atoms with E-state index in [-0.39, 0.29) is 0 Å². The SMILES string of the molecule is CC(NC(=O)N1CCSCC1S(C)(=O)=O)C(C)C(=O)O. The predicted octanol–water partition coefficient (Wildman–Crippen LogP) is 0.225. The van der Waals surface area contributed by atoms with Crippen LogP contribution in [0, 0.1) is 5.92 Å². The Bertz CT molecular complexity index is 479. The predicted molar refractivity (Wildman–Crippen MR) is 77.5 cm³/mol. The van der Waals surface area contributed by atoms with E-state index in [2.05, 4.69) is 5.32 Å². The van der Waals surface area contributed by atoms with Gasteiger partial charge < -0.3 is 15.3 Å². The lowest BCUT2D eigenvalue weighted by Crippen LogP contribution is -2.55.